The predicted octanol–water partition coefficient (Wildman–Crippen LogP) is 1.33. The molecular formula is C19H28N3O3S+. The van der Waals surface area contributed by atoms with Gasteiger partial charge in [0.25, 0.3) is 0 Å². The van der Waals surface area contributed by atoms with E-state index in [0.29, 0.717) is 30.8 Å². The Bertz CT molecular complexity index is 673. The van der Waals surface area contributed by atoms with Crippen molar-refractivity contribution in [1.82, 2.24) is 10.6 Å². The van der Waals surface area contributed by atoms with Gasteiger partial charge in [-0.1, -0.05) is 19.1 Å². The molecule has 0 spiro atoms. The molecule has 0 bridgehead atoms. The molecule has 0 saturated carbocycles. The van der Waals surface area contributed by atoms with Crippen LogP contribution in [-0.4, -0.2) is 44.5 Å². The summed E-state index contributed by atoms with van der Waals surface area (Å²) < 4.78 is 5.20. The van der Waals surface area contributed by atoms with Gasteiger partial charge in [0, 0.05) is 10.5 Å². The van der Waals surface area contributed by atoms with E-state index in [0.717, 1.165) is 6.54 Å². The zero-order valence-electron chi connectivity index (χ0n) is 15.8. The molecule has 1 aromatic rings. The fourth-order valence-electron chi connectivity index (χ4n) is 3.06. The minimum Gasteiger partial charge on any atom is -0.463 e. The van der Waals surface area contributed by atoms with Crippen molar-refractivity contribution < 1.29 is 19.2 Å². The second kappa shape index (κ2) is 9.64. The van der Waals surface area contributed by atoms with Gasteiger partial charge in [0.1, 0.15) is 13.1 Å². The van der Waals surface area contributed by atoms with Gasteiger partial charge in [0.15, 0.2) is 0 Å². The molecule has 7 heteroatoms. The lowest BCUT2D eigenvalue weighted by molar-refractivity contribution is -0.889. The molecule has 2 rings (SSSR count). The van der Waals surface area contributed by atoms with Crippen molar-refractivity contribution in [3.05, 3.63) is 41.1 Å². The van der Waals surface area contributed by atoms with Crippen LogP contribution in [-0.2, 0) is 16.1 Å². The zero-order chi connectivity index (χ0) is 19.1. The summed E-state index contributed by atoms with van der Waals surface area (Å²) in [5.41, 5.74) is 2.40. The highest BCUT2D eigenvalue weighted by Crippen LogP contribution is 2.17. The third-order valence-electron chi connectivity index (χ3n) is 4.29. The average Bonchev–Trinajstić information content (AvgIpc) is 2.61. The number of ether oxygens (including phenoxy) is 1. The molecule has 1 aliphatic rings. The Morgan fingerprint density at radius 2 is 1.92 bits per heavy atom. The number of carbonyl (C=O) groups excluding carboxylic acids is 2. The highest BCUT2D eigenvalue weighted by molar-refractivity contribution is 7.98. The molecule has 1 heterocycles. The Balaban J connectivity index is 2.17. The lowest BCUT2D eigenvalue weighted by Gasteiger charge is -2.29. The number of benzene rings is 1. The number of thioether (sulfide) groups is 1. The zero-order valence-corrected chi connectivity index (χ0v) is 16.7. The van der Waals surface area contributed by atoms with Crippen molar-refractivity contribution in [2.75, 3.05) is 26.5 Å². The van der Waals surface area contributed by atoms with Crippen molar-refractivity contribution in [2.24, 2.45) is 0 Å². The van der Waals surface area contributed by atoms with Crippen LogP contribution >= 0.6 is 11.8 Å². The van der Waals surface area contributed by atoms with E-state index in [2.05, 4.69) is 41.2 Å². The molecule has 0 fully saturated rings. The average molecular weight is 379 g/mol. The van der Waals surface area contributed by atoms with E-state index in [9.17, 15) is 9.59 Å². The van der Waals surface area contributed by atoms with Crippen LogP contribution < -0.4 is 15.5 Å². The van der Waals surface area contributed by atoms with Crippen molar-refractivity contribution >= 4 is 23.8 Å². The fourth-order valence-corrected chi connectivity index (χ4v) is 3.47. The van der Waals surface area contributed by atoms with Crippen molar-refractivity contribution in [2.45, 2.75) is 37.8 Å². The molecule has 1 unspecified atom stereocenters. The van der Waals surface area contributed by atoms with E-state index in [1.165, 1.54) is 15.4 Å². The van der Waals surface area contributed by atoms with E-state index < -0.39 is 0 Å². The van der Waals surface area contributed by atoms with E-state index in [-0.39, 0.29) is 18.0 Å². The highest BCUT2D eigenvalue weighted by atomic mass is 32.2. The van der Waals surface area contributed by atoms with Crippen LogP contribution in [0.1, 0.15) is 25.8 Å². The lowest BCUT2D eigenvalue weighted by Crippen LogP contribution is -3.08. The summed E-state index contributed by atoms with van der Waals surface area (Å²) >= 11 is 1.72. The highest BCUT2D eigenvalue weighted by Gasteiger charge is 2.32. The molecule has 0 aliphatic carbocycles. The molecule has 3 N–H and O–H groups in total. The van der Waals surface area contributed by atoms with Crippen molar-refractivity contribution in [3.63, 3.8) is 0 Å². The maximum Gasteiger partial charge on any atom is 0.338 e. The first-order chi connectivity index (χ1) is 12.5. The van der Waals surface area contributed by atoms with Crippen LogP contribution in [0.4, 0.5) is 4.79 Å². The molecular weight excluding hydrogens is 350 g/mol. The van der Waals surface area contributed by atoms with Gasteiger partial charge in [0.05, 0.1) is 31.0 Å². The molecule has 0 aromatic heterocycles. The van der Waals surface area contributed by atoms with E-state index >= 15 is 0 Å². The summed E-state index contributed by atoms with van der Waals surface area (Å²) in [4.78, 5) is 26.8. The van der Waals surface area contributed by atoms with Gasteiger partial charge in [-0.25, -0.2) is 9.59 Å². The fraction of sp³-hybridized carbons (Fsp3) is 0.474. The van der Waals surface area contributed by atoms with Gasteiger partial charge >= 0.3 is 12.0 Å². The van der Waals surface area contributed by atoms with E-state index in [1.807, 2.05) is 14.0 Å². The second-order valence-electron chi connectivity index (χ2n) is 6.33. The molecule has 6 nitrogen and oxygen atoms in total. The summed E-state index contributed by atoms with van der Waals surface area (Å²) in [6.45, 7) is 5.38. The van der Waals surface area contributed by atoms with Crippen LogP contribution in [0.25, 0.3) is 0 Å². The topological polar surface area (TPSA) is 71.9 Å². The summed E-state index contributed by atoms with van der Waals surface area (Å²) in [5, 5.41) is 5.61. The number of urea groups is 1. The quantitative estimate of drug-likeness (QED) is 0.471. The number of amides is 2. The number of hydrogen-bond donors (Lipinski definition) is 3. The molecule has 1 aliphatic heterocycles. The Kier molecular flexibility index (Phi) is 7.53. The van der Waals surface area contributed by atoms with Crippen LogP contribution in [0, 0.1) is 0 Å². The number of carbonyl (C=O) groups is 2. The molecule has 0 saturated heterocycles. The summed E-state index contributed by atoms with van der Waals surface area (Å²) in [6.07, 6.45) is 2.69. The summed E-state index contributed by atoms with van der Waals surface area (Å²) in [6, 6.07) is 7.87. The maximum atomic E-state index is 12.4. The summed E-state index contributed by atoms with van der Waals surface area (Å²) in [5.74, 6) is -0.362. The van der Waals surface area contributed by atoms with Crippen molar-refractivity contribution in [1.29, 1.82) is 0 Å². The van der Waals surface area contributed by atoms with Crippen LogP contribution in [0.5, 0.6) is 0 Å². The number of likely N-dealkylation sites (N-methyl/N-ethyl adjacent to an activating group) is 1. The normalized spacial score (nSPS) is 18.2. The first-order valence-corrected chi connectivity index (χ1v) is 10.1. The molecule has 142 valence electrons. The Morgan fingerprint density at radius 3 is 2.50 bits per heavy atom. The third-order valence-corrected chi connectivity index (χ3v) is 5.03. The Morgan fingerprint density at radius 1 is 1.23 bits per heavy atom. The SMILES string of the molecule is CCOC(=O)C1=C(C[NH+](C)Cc2ccc(SC)cc2)NC(=O)N[C@H]1CC. The first kappa shape index (κ1) is 20.3. The standard InChI is InChI=1S/C19H27N3O3S/c1-5-15-17(18(23)25-6-2)16(21-19(24)20-15)12-22(3)11-13-7-9-14(26-4)10-8-13/h7-10,15H,5-6,11-12H2,1-4H3,(H2,20,21,24)/p+1/t15-/m0/s1. The number of nitrogens with one attached hydrogen (secondary N) is 3. The van der Waals surface area contributed by atoms with Gasteiger partial charge in [-0.15, -0.1) is 11.8 Å². The van der Waals surface area contributed by atoms with Crippen LogP contribution in [0.15, 0.2) is 40.4 Å². The minimum absolute atomic E-state index is 0.267. The van der Waals surface area contributed by atoms with E-state index in [1.54, 1.807) is 18.7 Å². The smallest absolute Gasteiger partial charge is 0.338 e. The predicted molar refractivity (Wildman–Crippen MR) is 103 cm³/mol. The van der Waals surface area contributed by atoms with Crippen LogP contribution in [0.2, 0.25) is 0 Å². The molecule has 1 aromatic carbocycles. The van der Waals surface area contributed by atoms with Gasteiger partial charge in [-0.3, -0.25) is 0 Å². The second-order valence-corrected chi connectivity index (χ2v) is 7.21. The first-order valence-electron chi connectivity index (χ1n) is 8.90. The number of rotatable bonds is 8. The molecule has 2 atom stereocenters. The lowest BCUT2D eigenvalue weighted by atomic mass is 10.00. The Labute approximate surface area is 159 Å². The monoisotopic (exact) mass is 378 g/mol. The largest absolute Gasteiger partial charge is 0.463 e. The van der Waals surface area contributed by atoms with E-state index in [4.69, 9.17) is 4.74 Å². The molecule has 0 radical (unpaired) electrons. The molecule has 2 amide bonds. The van der Waals surface area contributed by atoms with Gasteiger partial charge in [-0.2, -0.15) is 0 Å². The minimum atomic E-state index is -0.362. The number of esters is 1. The van der Waals surface area contributed by atoms with Crippen molar-refractivity contribution in [3.8, 4) is 0 Å². The maximum absolute atomic E-state index is 12.4. The van der Waals surface area contributed by atoms with Gasteiger partial charge in [0.2, 0.25) is 0 Å². The van der Waals surface area contributed by atoms with Crippen LogP contribution in [0.3, 0.4) is 0 Å². The molecule has 26 heavy (non-hydrogen) atoms. The van der Waals surface area contributed by atoms with Gasteiger partial charge < -0.3 is 20.3 Å². The Hall–Kier alpha value is -1.99. The third kappa shape index (κ3) is 5.25. The number of quaternary nitrogens is 1. The van der Waals surface area contributed by atoms with Gasteiger partial charge in [-0.05, 0) is 31.7 Å². The summed E-state index contributed by atoms with van der Waals surface area (Å²) in [7, 11) is 2.05. The number of hydrogen-bond acceptors (Lipinski definition) is 4.